The highest BCUT2D eigenvalue weighted by atomic mass is 32.2. The fourth-order valence-electron chi connectivity index (χ4n) is 3.34. The first kappa shape index (κ1) is 23.3. The largest absolute Gasteiger partial charge is 0.497 e. The van der Waals surface area contributed by atoms with E-state index in [0.717, 1.165) is 55.6 Å². The van der Waals surface area contributed by atoms with Crippen LogP contribution in [0.2, 0.25) is 0 Å². The number of aliphatic imine (C=N–C) groups is 1. The number of likely N-dealkylation sites (tertiary alicyclic amines) is 1. The standard InChI is InChI=1S/C20H34N4O4S/c1-5-21-20(22-8-6-10-29(4,25)26)23-17-7-9-24(15-17)14-16-11-18(27-2)13-19(12-16)28-3/h11-13,17H,5-10,14-15H2,1-4H3,(H2,21,22,23). The molecule has 0 aromatic heterocycles. The third kappa shape index (κ3) is 8.49. The first-order valence-electron chi connectivity index (χ1n) is 9.99. The first-order chi connectivity index (χ1) is 13.8. The van der Waals surface area contributed by atoms with Crippen LogP contribution in [0, 0.1) is 0 Å². The third-order valence-corrected chi connectivity index (χ3v) is 5.75. The molecule has 8 nitrogen and oxygen atoms in total. The van der Waals surface area contributed by atoms with Crippen LogP contribution >= 0.6 is 0 Å². The summed E-state index contributed by atoms with van der Waals surface area (Å²) in [7, 11) is 0.379. The summed E-state index contributed by atoms with van der Waals surface area (Å²) >= 11 is 0. The van der Waals surface area contributed by atoms with Crippen molar-refractivity contribution in [1.29, 1.82) is 0 Å². The maximum absolute atomic E-state index is 11.2. The normalized spacial score (nSPS) is 17.9. The van der Waals surface area contributed by atoms with Gasteiger partial charge in [0.25, 0.3) is 0 Å². The smallest absolute Gasteiger partial charge is 0.191 e. The summed E-state index contributed by atoms with van der Waals surface area (Å²) in [6, 6.07) is 6.25. The van der Waals surface area contributed by atoms with Gasteiger partial charge in [0.05, 0.1) is 20.0 Å². The van der Waals surface area contributed by atoms with Gasteiger partial charge in [0.2, 0.25) is 0 Å². The van der Waals surface area contributed by atoms with E-state index < -0.39 is 9.84 Å². The van der Waals surface area contributed by atoms with Gasteiger partial charge in [-0.05, 0) is 37.5 Å². The van der Waals surface area contributed by atoms with E-state index >= 15 is 0 Å². The Labute approximate surface area is 174 Å². The molecule has 1 fully saturated rings. The summed E-state index contributed by atoms with van der Waals surface area (Å²) in [5.41, 5.74) is 1.16. The predicted octanol–water partition coefficient (Wildman–Crippen LogP) is 1.27. The van der Waals surface area contributed by atoms with Crippen molar-refractivity contribution in [3.63, 3.8) is 0 Å². The number of methoxy groups -OCH3 is 2. The summed E-state index contributed by atoms with van der Waals surface area (Å²) < 4.78 is 33.2. The highest BCUT2D eigenvalue weighted by Crippen LogP contribution is 2.24. The minimum atomic E-state index is -2.94. The van der Waals surface area contributed by atoms with Crippen LogP contribution in [0.3, 0.4) is 0 Å². The van der Waals surface area contributed by atoms with Crippen LogP contribution in [-0.2, 0) is 16.4 Å². The molecule has 0 amide bonds. The van der Waals surface area contributed by atoms with Gasteiger partial charge < -0.3 is 20.1 Å². The van der Waals surface area contributed by atoms with Crippen molar-refractivity contribution in [2.75, 3.05) is 52.4 Å². The Balaban J connectivity index is 1.88. The number of guanidine groups is 1. The molecule has 0 aliphatic carbocycles. The number of sulfone groups is 1. The number of ether oxygens (including phenoxy) is 2. The van der Waals surface area contributed by atoms with Crippen molar-refractivity contribution in [3.05, 3.63) is 23.8 Å². The Morgan fingerprint density at radius 2 is 1.93 bits per heavy atom. The van der Waals surface area contributed by atoms with Crippen molar-refractivity contribution in [2.24, 2.45) is 4.99 Å². The van der Waals surface area contributed by atoms with E-state index in [-0.39, 0.29) is 5.75 Å². The van der Waals surface area contributed by atoms with Gasteiger partial charge in [-0.2, -0.15) is 0 Å². The molecule has 1 aromatic carbocycles. The molecular weight excluding hydrogens is 392 g/mol. The molecule has 2 N–H and O–H groups in total. The number of benzene rings is 1. The molecule has 1 aromatic rings. The molecule has 1 saturated heterocycles. The zero-order chi connectivity index (χ0) is 21.3. The van der Waals surface area contributed by atoms with E-state index in [2.05, 4.69) is 20.5 Å². The second-order valence-corrected chi connectivity index (χ2v) is 9.59. The van der Waals surface area contributed by atoms with Crippen LogP contribution in [0.15, 0.2) is 23.2 Å². The molecule has 0 spiro atoms. The second-order valence-electron chi connectivity index (χ2n) is 7.33. The van der Waals surface area contributed by atoms with Gasteiger partial charge in [0.1, 0.15) is 21.3 Å². The van der Waals surface area contributed by atoms with Crippen LogP contribution in [0.5, 0.6) is 11.5 Å². The van der Waals surface area contributed by atoms with E-state index in [0.29, 0.717) is 19.0 Å². The highest BCUT2D eigenvalue weighted by Gasteiger charge is 2.23. The molecule has 0 bridgehead atoms. The van der Waals surface area contributed by atoms with E-state index in [1.54, 1.807) is 14.2 Å². The summed E-state index contributed by atoms with van der Waals surface area (Å²) in [5, 5.41) is 6.71. The topological polar surface area (TPSA) is 92.3 Å². The minimum absolute atomic E-state index is 0.164. The van der Waals surface area contributed by atoms with Crippen molar-refractivity contribution in [2.45, 2.75) is 32.4 Å². The zero-order valence-electron chi connectivity index (χ0n) is 17.9. The Hall–Kier alpha value is -2.00. The number of hydrogen-bond donors (Lipinski definition) is 2. The average Bonchev–Trinajstić information content (AvgIpc) is 3.10. The molecule has 1 unspecified atom stereocenters. The fourth-order valence-corrected chi connectivity index (χ4v) is 3.99. The molecule has 1 aliphatic rings. The molecule has 1 atom stereocenters. The fraction of sp³-hybridized carbons (Fsp3) is 0.650. The van der Waals surface area contributed by atoms with Gasteiger partial charge in [-0.15, -0.1) is 0 Å². The van der Waals surface area contributed by atoms with Crippen molar-refractivity contribution >= 4 is 15.8 Å². The number of hydrogen-bond acceptors (Lipinski definition) is 6. The first-order valence-corrected chi connectivity index (χ1v) is 12.1. The highest BCUT2D eigenvalue weighted by molar-refractivity contribution is 7.90. The van der Waals surface area contributed by atoms with Crippen LogP contribution in [0.1, 0.15) is 25.3 Å². The molecule has 29 heavy (non-hydrogen) atoms. The molecule has 9 heteroatoms. The summed E-state index contributed by atoms with van der Waals surface area (Å²) in [4.78, 5) is 6.90. The second kappa shape index (κ2) is 11.3. The lowest BCUT2D eigenvalue weighted by atomic mass is 10.2. The van der Waals surface area contributed by atoms with Crippen molar-refractivity contribution in [1.82, 2.24) is 15.5 Å². The minimum Gasteiger partial charge on any atom is -0.497 e. The number of rotatable bonds is 10. The SMILES string of the molecule is CCNC(=NCCCS(C)(=O)=O)NC1CCN(Cc2cc(OC)cc(OC)c2)C1. The van der Waals surface area contributed by atoms with Gasteiger partial charge in [0, 0.05) is 51.1 Å². The monoisotopic (exact) mass is 426 g/mol. The van der Waals surface area contributed by atoms with Gasteiger partial charge >= 0.3 is 0 Å². The van der Waals surface area contributed by atoms with Crippen LogP contribution in [0.4, 0.5) is 0 Å². The molecule has 0 saturated carbocycles. The van der Waals surface area contributed by atoms with Crippen LogP contribution in [-0.4, -0.2) is 77.7 Å². The van der Waals surface area contributed by atoms with Crippen LogP contribution < -0.4 is 20.1 Å². The Morgan fingerprint density at radius 1 is 1.24 bits per heavy atom. The molecule has 1 aliphatic heterocycles. The molecular formula is C20H34N4O4S. The zero-order valence-corrected chi connectivity index (χ0v) is 18.7. The lowest BCUT2D eigenvalue weighted by Crippen LogP contribution is -2.44. The average molecular weight is 427 g/mol. The third-order valence-electron chi connectivity index (χ3n) is 4.72. The van der Waals surface area contributed by atoms with E-state index in [9.17, 15) is 8.42 Å². The lowest BCUT2D eigenvalue weighted by molar-refractivity contribution is 0.321. The Morgan fingerprint density at radius 3 is 2.52 bits per heavy atom. The number of nitrogens with zero attached hydrogens (tertiary/aromatic N) is 2. The molecule has 164 valence electrons. The molecule has 1 heterocycles. The van der Waals surface area contributed by atoms with Gasteiger partial charge in [0.15, 0.2) is 5.96 Å². The number of nitrogens with one attached hydrogen (secondary N) is 2. The van der Waals surface area contributed by atoms with Crippen LogP contribution in [0.25, 0.3) is 0 Å². The lowest BCUT2D eigenvalue weighted by Gasteiger charge is -2.19. The Bertz CT molecular complexity index is 760. The maximum Gasteiger partial charge on any atom is 0.191 e. The van der Waals surface area contributed by atoms with Crippen molar-refractivity contribution < 1.29 is 17.9 Å². The van der Waals surface area contributed by atoms with E-state index in [4.69, 9.17) is 9.47 Å². The maximum atomic E-state index is 11.2. The van der Waals surface area contributed by atoms with Gasteiger partial charge in [-0.3, -0.25) is 9.89 Å². The van der Waals surface area contributed by atoms with E-state index in [1.165, 1.54) is 6.26 Å². The van der Waals surface area contributed by atoms with Crippen molar-refractivity contribution in [3.8, 4) is 11.5 Å². The Kier molecular flexibility index (Phi) is 9.03. The summed E-state index contributed by atoms with van der Waals surface area (Å²) in [6.07, 6.45) is 2.81. The summed E-state index contributed by atoms with van der Waals surface area (Å²) in [6.45, 7) is 6.00. The van der Waals surface area contributed by atoms with Gasteiger partial charge in [-0.25, -0.2) is 8.42 Å². The van der Waals surface area contributed by atoms with E-state index in [1.807, 2.05) is 25.1 Å². The van der Waals surface area contributed by atoms with Gasteiger partial charge in [-0.1, -0.05) is 0 Å². The molecule has 2 rings (SSSR count). The predicted molar refractivity (Wildman–Crippen MR) is 117 cm³/mol. The molecule has 0 radical (unpaired) electrons. The quantitative estimate of drug-likeness (QED) is 0.331. The summed E-state index contributed by atoms with van der Waals surface area (Å²) in [5.74, 6) is 2.50.